The molecule has 4 atom stereocenters. The number of hydrogen-bond acceptors (Lipinski definition) is 4. The number of rotatable bonds is 3. The number of ketones is 2. The molecular formula is C22H30O4. The van der Waals surface area contributed by atoms with Crippen LogP contribution >= 0.6 is 0 Å². The molecule has 4 nitrogen and oxygen atoms in total. The second-order valence-corrected chi connectivity index (χ2v) is 8.87. The summed E-state index contributed by atoms with van der Waals surface area (Å²) in [5.41, 5.74) is 1.59. The Morgan fingerprint density at radius 3 is 2.65 bits per heavy atom. The predicted molar refractivity (Wildman–Crippen MR) is 100 cm³/mol. The topological polar surface area (TPSA) is 63.6 Å². The Bertz CT molecular complexity index is 728. The van der Waals surface area contributed by atoms with Gasteiger partial charge in [0.05, 0.1) is 7.11 Å². The van der Waals surface area contributed by atoms with Crippen LogP contribution in [0.15, 0.2) is 35.3 Å². The Hall–Kier alpha value is -1.84. The number of Topliss-reactive ketones (excluding diaryl/α,β-unsaturated/α-hetero) is 1. The van der Waals surface area contributed by atoms with Crippen molar-refractivity contribution in [2.24, 2.45) is 22.7 Å². The van der Waals surface area contributed by atoms with Crippen LogP contribution in [0.3, 0.4) is 0 Å². The summed E-state index contributed by atoms with van der Waals surface area (Å²) in [5.74, 6) is -0.398. The first-order chi connectivity index (χ1) is 12.1. The van der Waals surface area contributed by atoms with Gasteiger partial charge in [0.2, 0.25) is 11.6 Å². The van der Waals surface area contributed by atoms with E-state index >= 15 is 0 Å². The molecule has 2 fully saturated rings. The molecule has 1 N–H and O–H groups in total. The van der Waals surface area contributed by atoms with Gasteiger partial charge in [-0.1, -0.05) is 32.9 Å². The number of fused-ring (bicyclic) bond motifs is 1. The Kier molecular flexibility index (Phi) is 4.66. The summed E-state index contributed by atoms with van der Waals surface area (Å²) in [6.45, 7) is 11.1. The highest BCUT2D eigenvalue weighted by Crippen LogP contribution is 2.61. The number of allylic oxidation sites excluding steroid dienone is 3. The van der Waals surface area contributed by atoms with Crippen molar-refractivity contribution in [3.63, 3.8) is 0 Å². The smallest absolute Gasteiger partial charge is 0.227 e. The van der Waals surface area contributed by atoms with Crippen molar-refractivity contribution in [3.05, 3.63) is 35.3 Å². The van der Waals surface area contributed by atoms with Gasteiger partial charge in [0.25, 0.3) is 0 Å². The lowest BCUT2D eigenvalue weighted by Crippen LogP contribution is -2.48. The molecule has 0 spiro atoms. The van der Waals surface area contributed by atoms with E-state index in [9.17, 15) is 14.7 Å². The number of ether oxygens (including phenoxy) is 1. The van der Waals surface area contributed by atoms with Gasteiger partial charge in [-0.3, -0.25) is 9.59 Å². The minimum Gasteiger partial charge on any atom is -0.504 e. The lowest BCUT2D eigenvalue weighted by molar-refractivity contribution is -0.120. The number of hydrogen-bond donors (Lipinski definition) is 1. The van der Waals surface area contributed by atoms with Crippen molar-refractivity contribution < 1.29 is 19.4 Å². The summed E-state index contributed by atoms with van der Waals surface area (Å²) in [6.07, 6.45) is 6.93. The van der Waals surface area contributed by atoms with E-state index in [1.54, 1.807) is 0 Å². The van der Waals surface area contributed by atoms with Crippen molar-refractivity contribution in [3.8, 4) is 0 Å². The normalized spacial score (nSPS) is 38.2. The summed E-state index contributed by atoms with van der Waals surface area (Å²) in [7, 11) is 1.38. The number of aliphatic hydroxyl groups is 1. The minimum atomic E-state index is -0.542. The minimum absolute atomic E-state index is 0.0192. The van der Waals surface area contributed by atoms with Crippen molar-refractivity contribution >= 4 is 11.6 Å². The van der Waals surface area contributed by atoms with E-state index in [1.807, 2.05) is 0 Å². The van der Waals surface area contributed by atoms with Crippen LogP contribution in [0.2, 0.25) is 0 Å². The second-order valence-electron chi connectivity index (χ2n) is 8.87. The van der Waals surface area contributed by atoms with E-state index < -0.39 is 11.5 Å². The highest BCUT2D eigenvalue weighted by molar-refractivity contribution is 6.20. The van der Waals surface area contributed by atoms with Crippen LogP contribution < -0.4 is 0 Å². The van der Waals surface area contributed by atoms with Crippen LogP contribution in [-0.4, -0.2) is 23.8 Å². The monoisotopic (exact) mass is 358 g/mol. The SMILES string of the molecule is C=C1CCC[C@H]2[C@@H](C)[C@](C)(CC3=C(O)C(=O)C=C(OC)C3=O)CC[C@]12C. The van der Waals surface area contributed by atoms with Gasteiger partial charge in [-0.05, 0) is 61.2 Å². The lowest BCUT2D eigenvalue weighted by Gasteiger charge is -2.57. The number of aliphatic hydroxyl groups excluding tert-OH is 1. The molecule has 4 heteroatoms. The maximum absolute atomic E-state index is 12.7. The zero-order valence-corrected chi connectivity index (χ0v) is 16.4. The Balaban J connectivity index is 1.90. The van der Waals surface area contributed by atoms with Crippen molar-refractivity contribution in [1.82, 2.24) is 0 Å². The Labute approximate surface area is 156 Å². The fraction of sp³-hybridized carbons (Fsp3) is 0.636. The molecule has 3 aliphatic carbocycles. The number of carbonyl (C=O) groups excluding carboxylic acids is 2. The third kappa shape index (κ3) is 2.74. The van der Waals surface area contributed by atoms with Gasteiger partial charge in [0, 0.05) is 11.6 Å². The Morgan fingerprint density at radius 2 is 2.00 bits per heavy atom. The molecule has 0 aliphatic heterocycles. The van der Waals surface area contributed by atoms with Gasteiger partial charge in [0.1, 0.15) is 0 Å². The summed E-state index contributed by atoms with van der Waals surface area (Å²) >= 11 is 0. The predicted octanol–water partition coefficient (Wildman–Crippen LogP) is 4.67. The van der Waals surface area contributed by atoms with Crippen LogP contribution in [0, 0.1) is 22.7 Å². The van der Waals surface area contributed by atoms with E-state index in [4.69, 9.17) is 4.74 Å². The molecule has 0 heterocycles. The molecule has 2 saturated carbocycles. The molecule has 0 radical (unpaired) electrons. The zero-order chi connectivity index (χ0) is 19.3. The molecule has 0 bridgehead atoms. The van der Waals surface area contributed by atoms with Crippen molar-refractivity contribution in [2.75, 3.05) is 7.11 Å². The van der Waals surface area contributed by atoms with Crippen molar-refractivity contribution in [1.29, 1.82) is 0 Å². The molecule has 3 rings (SSSR count). The Morgan fingerprint density at radius 1 is 1.31 bits per heavy atom. The highest BCUT2D eigenvalue weighted by atomic mass is 16.5. The average molecular weight is 358 g/mol. The number of carbonyl (C=O) groups is 2. The molecule has 0 aromatic carbocycles. The summed E-state index contributed by atoms with van der Waals surface area (Å²) in [5, 5.41) is 10.3. The van der Waals surface area contributed by atoms with Crippen LogP contribution in [0.4, 0.5) is 0 Å². The molecular weight excluding hydrogens is 328 g/mol. The largest absolute Gasteiger partial charge is 0.504 e. The van der Waals surface area contributed by atoms with Crippen LogP contribution in [0.1, 0.15) is 59.3 Å². The average Bonchev–Trinajstić information content (AvgIpc) is 2.61. The molecule has 0 aromatic rings. The molecule has 0 aromatic heterocycles. The molecule has 0 unspecified atom stereocenters. The summed E-state index contributed by atoms with van der Waals surface area (Å²) < 4.78 is 5.05. The van der Waals surface area contributed by atoms with Crippen LogP contribution in [0.25, 0.3) is 0 Å². The van der Waals surface area contributed by atoms with Gasteiger partial charge in [-0.2, -0.15) is 0 Å². The molecule has 0 amide bonds. The lowest BCUT2D eigenvalue weighted by atomic mass is 9.48. The second kappa shape index (κ2) is 6.40. The summed E-state index contributed by atoms with van der Waals surface area (Å²) in [6, 6.07) is 0. The first-order valence-corrected chi connectivity index (χ1v) is 9.59. The summed E-state index contributed by atoms with van der Waals surface area (Å²) in [4.78, 5) is 24.7. The third-order valence-electron chi connectivity index (χ3n) is 7.62. The van der Waals surface area contributed by atoms with E-state index in [2.05, 4.69) is 27.4 Å². The first-order valence-electron chi connectivity index (χ1n) is 9.59. The maximum Gasteiger partial charge on any atom is 0.227 e. The quantitative estimate of drug-likeness (QED) is 0.588. The highest BCUT2D eigenvalue weighted by Gasteiger charge is 2.52. The number of methoxy groups -OCH3 is 1. The zero-order valence-electron chi connectivity index (χ0n) is 16.4. The van der Waals surface area contributed by atoms with E-state index in [0.717, 1.165) is 25.3 Å². The fourth-order valence-corrected chi connectivity index (χ4v) is 5.45. The van der Waals surface area contributed by atoms with Crippen LogP contribution in [0.5, 0.6) is 0 Å². The molecule has 26 heavy (non-hydrogen) atoms. The molecule has 142 valence electrons. The third-order valence-corrected chi connectivity index (χ3v) is 7.62. The van der Waals surface area contributed by atoms with Gasteiger partial charge in [-0.25, -0.2) is 0 Å². The molecule has 3 aliphatic rings. The maximum atomic E-state index is 12.7. The van der Waals surface area contributed by atoms with Gasteiger partial charge in [-0.15, -0.1) is 0 Å². The molecule has 0 saturated heterocycles. The van der Waals surface area contributed by atoms with Gasteiger partial charge in [0.15, 0.2) is 11.5 Å². The van der Waals surface area contributed by atoms with Gasteiger partial charge >= 0.3 is 0 Å². The first kappa shape index (κ1) is 18.9. The van der Waals surface area contributed by atoms with Gasteiger partial charge < -0.3 is 9.84 Å². The van der Waals surface area contributed by atoms with E-state index in [0.29, 0.717) is 18.3 Å². The fourth-order valence-electron chi connectivity index (χ4n) is 5.45. The van der Waals surface area contributed by atoms with E-state index in [1.165, 1.54) is 25.5 Å². The van der Waals surface area contributed by atoms with Crippen molar-refractivity contribution in [2.45, 2.75) is 59.3 Å². The standard InChI is InChI=1S/C22H30O4/c1-13-7-6-8-16-14(2)21(3,9-10-22(13,16)4)12-15-19(24)17(23)11-18(26-5)20(15)25/h11,14,16,24H,1,6-10,12H2,2-5H3/t14-,16+,21+,22-/m1/s1. The van der Waals surface area contributed by atoms with E-state index in [-0.39, 0.29) is 27.9 Å². The van der Waals surface area contributed by atoms with Crippen LogP contribution in [-0.2, 0) is 14.3 Å².